The van der Waals surface area contributed by atoms with Gasteiger partial charge in [-0.15, -0.1) is 0 Å². The van der Waals surface area contributed by atoms with Gasteiger partial charge in [0, 0.05) is 0 Å². The number of phenolic OH excluding ortho intramolecular Hbond substituents is 2. The maximum Gasteiger partial charge on any atom is 0.376 e. The Morgan fingerprint density at radius 3 is 2.45 bits per heavy atom. The van der Waals surface area contributed by atoms with Crippen molar-refractivity contribution in [3.63, 3.8) is 0 Å². The van der Waals surface area contributed by atoms with Crippen LogP contribution in [0, 0.1) is 0 Å². The van der Waals surface area contributed by atoms with Crippen LogP contribution in [0.2, 0.25) is 0 Å². The van der Waals surface area contributed by atoms with Gasteiger partial charge < -0.3 is 19.7 Å². The largest absolute Gasteiger partial charge is 0.508 e. The number of carbonyl (C=O) groups excluding carboxylic acids is 3. The molecular weight excluding hydrogens is 400 g/mol. The van der Waals surface area contributed by atoms with Crippen LogP contribution in [0.4, 0.5) is 0 Å². The molecule has 2 atom stereocenters. The lowest BCUT2D eigenvalue weighted by Gasteiger charge is -2.26. The fraction of sp³-hybridized carbons (Fsp3) is 0.292. The summed E-state index contributed by atoms with van der Waals surface area (Å²) in [5, 5.41) is 19.5. The van der Waals surface area contributed by atoms with E-state index in [1.54, 1.807) is 12.1 Å². The highest BCUT2D eigenvalue weighted by atomic mass is 16.6. The minimum atomic E-state index is -1.83. The van der Waals surface area contributed by atoms with Crippen molar-refractivity contribution in [2.45, 2.75) is 45.3 Å². The van der Waals surface area contributed by atoms with Gasteiger partial charge in [0.05, 0.1) is 0 Å². The van der Waals surface area contributed by atoms with E-state index in [9.17, 15) is 24.6 Å². The molecule has 1 aliphatic rings. The third kappa shape index (κ3) is 4.60. The molecule has 1 unspecified atom stereocenters. The lowest BCUT2D eigenvalue weighted by atomic mass is 9.82. The molecule has 0 aliphatic carbocycles. The van der Waals surface area contributed by atoms with E-state index in [4.69, 9.17) is 9.47 Å². The van der Waals surface area contributed by atoms with E-state index in [1.165, 1.54) is 37.3 Å². The number of rotatable bonds is 6. The quantitative estimate of drug-likeness (QED) is 0.416. The second-order valence-corrected chi connectivity index (χ2v) is 7.91. The Balaban J connectivity index is 1.79. The molecule has 1 saturated heterocycles. The fourth-order valence-electron chi connectivity index (χ4n) is 3.46. The maximum absolute atomic E-state index is 12.9. The van der Waals surface area contributed by atoms with Crippen LogP contribution in [0.15, 0.2) is 54.1 Å². The first-order chi connectivity index (χ1) is 14.6. The maximum atomic E-state index is 12.9. The second kappa shape index (κ2) is 8.63. The van der Waals surface area contributed by atoms with Crippen molar-refractivity contribution < 1.29 is 34.1 Å². The topological polar surface area (TPSA) is 110 Å². The van der Waals surface area contributed by atoms with Crippen LogP contribution in [-0.4, -0.2) is 33.5 Å². The van der Waals surface area contributed by atoms with Gasteiger partial charge >= 0.3 is 11.9 Å². The van der Waals surface area contributed by atoms with Gasteiger partial charge in [0.2, 0.25) is 5.60 Å². The average molecular weight is 424 g/mol. The summed E-state index contributed by atoms with van der Waals surface area (Å²) in [6.07, 6.45) is 2.50. The molecule has 7 nitrogen and oxygen atoms in total. The number of benzene rings is 2. The Morgan fingerprint density at radius 1 is 1.13 bits per heavy atom. The summed E-state index contributed by atoms with van der Waals surface area (Å²) in [6.45, 7) is 5.13. The van der Waals surface area contributed by atoms with Crippen LogP contribution in [0.5, 0.6) is 11.5 Å². The van der Waals surface area contributed by atoms with Gasteiger partial charge in [0.15, 0.2) is 0 Å². The molecule has 0 amide bonds. The Morgan fingerprint density at radius 2 is 1.81 bits per heavy atom. The van der Waals surface area contributed by atoms with Gasteiger partial charge in [0.25, 0.3) is 5.78 Å². The van der Waals surface area contributed by atoms with Crippen LogP contribution in [0.25, 0.3) is 0 Å². The van der Waals surface area contributed by atoms with Crippen molar-refractivity contribution in [2.75, 3.05) is 0 Å². The number of Topliss-reactive ketones (excluding diaryl/α,β-unsaturated/α-hetero) is 1. The van der Waals surface area contributed by atoms with E-state index < -0.39 is 29.2 Å². The summed E-state index contributed by atoms with van der Waals surface area (Å²) in [6, 6.07) is 10.5. The first-order valence-electron chi connectivity index (χ1n) is 9.79. The van der Waals surface area contributed by atoms with Crippen LogP contribution >= 0.6 is 0 Å². The number of hydrogen-bond donors (Lipinski definition) is 2. The third-order valence-corrected chi connectivity index (χ3v) is 5.19. The molecule has 1 fully saturated rings. The molecule has 2 aromatic rings. The molecule has 0 bridgehead atoms. The van der Waals surface area contributed by atoms with Crippen LogP contribution in [-0.2, 0) is 36.9 Å². The molecule has 0 spiro atoms. The highest BCUT2D eigenvalue weighted by molar-refractivity contribution is 6.39. The number of carbonyl (C=O) groups is 3. The molecule has 2 aromatic carbocycles. The molecule has 7 heteroatoms. The van der Waals surface area contributed by atoms with Gasteiger partial charge in [-0.1, -0.05) is 29.8 Å². The summed E-state index contributed by atoms with van der Waals surface area (Å²) in [5.41, 5.74) is 0.973. The van der Waals surface area contributed by atoms with Crippen molar-refractivity contribution in [3.8, 4) is 11.5 Å². The zero-order valence-corrected chi connectivity index (χ0v) is 17.5. The van der Waals surface area contributed by atoms with Crippen LogP contribution in [0.3, 0.4) is 0 Å². The first kappa shape index (κ1) is 22.1. The predicted octanol–water partition coefficient (Wildman–Crippen LogP) is 3.32. The summed E-state index contributed by atoms with van der Waals surface area (Å²) in [5.74, 6) is -3.86. The fourth-order valence-corrected chi connectivity index (χ4v) is 3.46. The molecule has 31 heavy (non-hydrogen) atoms. The second-order valence-electron chi connectivity index (χ2n) is 7.91. The minimum absolute atomic E-state index is 0.0121. The number of ether oxygens (including phenoxy) is 2. The molecule has 0 saturated carbocycles. The molecule has 1 heterocycles. The third-order valence-electron chi connectivity index (χ3n) is 5.19. The van der Waals surface area contributed by atoms with E-state index in [0.717, 1.165) is 5.57 Å². The lowest BCUT2D eigenvalue weighted by molar-refractivity contribution is -0.174. The lowest BCUT2D eigenvalue weighted by Crippen LogP contribution is -2.42. The van der Waals surface area contributed by atoms with E-state index in [1.807, 2.05) is 19.9 Å². The summed E-state index contributed by atoms with van der Waals surface area (Å²) >= 11 is 0. The normalized spacial score (nSPS) is 20.3. The Bertz CT molecular complexity index is 1050. The van der Waals surface area contributed by atoms with Gasteiger partial charge in [-0.2, -0.15) is 0 Å². The SMILES string of the molecule is CC(C)=CCc1cc(COC(=O)[C@]2(C)OC(=O)C(=O)C2c2ccc(O)cc2)ccc1O. The standard InChI is InChI=1S/C24H24O7/c1-14(2)4-6-17-12-15(5-11-19(17)26)13-30-23(29)24(3)20(21(27)22(28)31-24)16-7-9-18(25)10-8-16/h4-5,7-12,20,25-26H,6,13H2,1-3H3/t20?,24-/m1/s1. The van der Waals surface area contributed by atoms with E-state index in [2.05, 4.69) is 0 Å². The van der Waals surface area contributed by atoms with E-state index in [0.29, 0.717) is 23.1 Å². The summed E-state index contributed by atoms with van der Waals surface area (Å²) in [4.78, 5) is 37.3. The molecule has 2 N–H and O–H groups in total. The first-order valence-corrected chi connectivity index (χ1v) is 9.79. The van der Waals surface area contributed by atoms with E-state index >= 15 is 0 Å². The van der Waals surface area contributed by atoms with Crippen LogP contribution in [0.1, 0.15) is 43.4 Å². The van der Waals surface area contributed by atoms with Crippen molar-refractivity contribution >= 4 is 17.7 Å². The number of esters is 2. The molecule has 0 radical (unpaired) electrons. The Labute approximate surface area is 179 Å². The van der Waals surface area contributed by atoms with Gasteiger partial charge in [-0.05, 0) is 68.1 Å². The van der Waals surface area contributed by atoms with Gasteiger partial charge in [-0.3, -0.25) is 4.79 Å². The van der Waals surface area contributed by atoms with Crippen molar-refractivity contribution in [3.05, 3.63) is 70.8 Å². The molecule has 1 aliphatic heterocycles. The van der Waals surface area contributed by atoms with E-state index in [-0.39, 0.29) is 18.1 Å². The smallest absolute Gasteiger partial charge is 0.376 e. The summed E-state index contributed by atoms with van der Waals surface area (Å²) < 4.78 is 10.5. The van der Waals surface area contributed by atoms with Crippen molar-refractivity contribution in [1.29, 1.82) is 0 Å². The van der Waals surface area contributed by atoms with Crippen molar-refractivity contribution in [2.24, 2.45) is 0 Å². The number of cyclic esters (lactones) is 1. The Hall–Kier alpha value is -3.61. The van der Waals surface area contributed by atoms with Gasteiger partial charge in [-0.25, -0.2) is 9.59 Å². The van der Waals surface area contributed by atoms with Crippen LogP contribution < -0.4 is 0 Å². The number of phenols is 2. The summed E-state index contributed by atoms with van der Waals surface area (Å²) in [7, 11) is 0. The zero-order chi connectivity index (χ0) is 22.8. The minimum Gasteiger partial charge on any atom is -0.508 e. The van der Waals surface area contributed by atoms with Crippen molar-refractivity contribution in [1.82, 2.24) is 0 Å². The number of aromatic hydroxyl groups is 2. The Kier molecular flexibility index (Phi) is 6.15. The predicted molar refractivity (Wildman–Crippen MR) is 111 cm³/mol. The molecule has 0 aromatic heterocycles. The average Bonchev–Trinajstić information content (AvgIpc) is 2.96. The molecule has 3 rings (SSSR count). The number of ketones is 1. The number of allylic oxidation sites excluding steroid dienone is 2. The zero-order valence-electron chi connectivity index (χ0n) is 17.5. The molecular formula is C24H24O7. The number of hydrogen-bond acceptors (Lipinski definition) is 7. The highest BCUT2D eigenvalue weighted by Crippen LogP contribution is 2.40. The monoisotopic (exact) mass is 424 g/mol. The van der Waals surface area contributed by atoms with Gasteiger partial charge in [0.1, 0.15) is 24.0 Å². The molecule has 162 valence electrons. The highest BCUT2D eigenvalue weighted by Gasteiger charge is 2.59.